The summed E-state index contributed by atoms with van der Waals surface area (Å²) >= 11 is 38.3. The van der Waals surface area contributed by atoms with Gasteiger partial charge in [0, 0.05) is 0 Å². The molecule has 1 heterocycles. The van der Waals surface area contributed by atoms with Gasteiger partial charge in [0.15, 0.2) is 4.33 Å². The molecule has 0 aromatic carbocycles. The number of hydrogen-bond acceptors (Lipinski definition) is 3. The Morgan fingerprint density at radius 1 is 0.920 bits per heavy atom. The van der Waals surface area contributed by atoms with Gasteiger partial charge in [-0.3, -0.25) is 14.4 Å². The zero-order valence-corrected chi connectivity index (χ0v) is 17.7. The Bertz CT molecular complexity index is 622. The first-order valence-electron chi connectivity index (χ1n) is 7.91. The monoisotopic (exact) mass is 467 g/mol. The molecule has 0 spiro atoms. The maximum atomic E-state index is 12.8. The van der Waals surface area contributed by atoms with E-state index < -0.39 is 37.7 Å². The summed E-state index contributed by atoms with van der Waals surface area (Å²) < 4.78 is -1.91. The first-order valence-corrected chi connectivity index (χ1v) is 10.2. The predicted molar refractivity (Wildman–Crippen MR) is 99.3 cm³/mol. The number of nitrogens with zero attached hydrogens (tertiary/aromatic N) is 1. The molecule has 3 rings (SSSR count). The van der Waals surface area contributed by atoms with Crippen LogP contribution in [0.1, 0.15) is 32.6 Å². The van der Waals surface area contributed by atoms with Gasteiger partial charge in [-0.1, -0.05) is 72.6 Å². The molecule has 140 valence electrons. The maximum absolute atomic E-state index is 12.8. The molecule has 0 aromatic rings. The Balaban J connectivity index is 1.88. The van der Waals surface area contributed by atoms with Crippen molar-refractivity contribution in [3.63, 3.8) is 0 Å². The molecule has 4 atom stereocenters. The van der Waals surface area contributed by atoms with Crippen LogP contribution in [0.4, 0.5) is 0 Å². The highest BCUT2D eigenvalue weighted by Crippen LogP contribution is 2.77. The van der Waals surface area contributed by atoms with E-state index in [-0.39, 0.29) is 16.7 Å². The summed E-state index contributed by atoms with van der Waals surface area (Å²) in [7, 11) is 0. The zero-order valence-electron chi connectivity index (χ0n) is 13.1. The molecule has 2 aliphatic carbocycles. The molecule has 25 heavy (non-hydrogen) atoms. The number of carbonyl (C=O) groups excluding carboxylic acids is 2. The fourth-order valence-corrected chi connectivity index (χ4v) is 6.71. The topological polar surface area (TPSA) is 46.6 Å². The molecule has 2 fully saturated rings. The first kappa shape index (κ1) is 20.3. The van der Waals surface area contributed by atoms with Gasteiger partial charge in [-0.2, -0.15) is 5.06 Å². The second-order valence-electron chi connectivity index (χ2n) is 6.45. The van der Waals surface area contributed by atoms with Gasteiger partial charge in [0.1, 0.15) is 9.75 Å². The fraction of sp³-hybridized carbons (Fsp3) is 0.733. The van der Waals surface area contributed by atoms with E-state index in [0.717, 1.165) is 19.3 Å². The SMILES string of the molecule is CCCCCCON1C(=O)[C@@H]2[C@@H](C1=O)[C@]1(Cl)C(Cl)=C(Cl)[C@]2(Cl)C1(Cl)Cl. The molecule has 1 saturated carbocycles. The fourth-order valence-electron chi connectivity index (χ4n) is 3.78. The van der Waals surface area contributed by atoms with Gasteiger partial charge in [0.25, 0.3) is 11.8 Å². The third-order valence-corrected chi connectivity index (χ3v) is 9.35. The number of hydrogen-bond donors (Lipinski definition) is 0. The Morgan fingerprint density at radius 3 is 1.84 bits per heavy atom. The molecule has 0 unspecified atom stereocenters. The quantitative estimate of drug-likeness (QED) is 0.314. The molecule has 10 heteroatoms. The van der Waals surface area contributed by atoms with Gasteiger partial charge in [-0.25, -0.2) is 0 Å². The maximum Gasteiger partial charge on any atom is 0.259 e. The minimum atomic E-state index is -1.91. The highest BCUT2D eigenvalue weighted by Gasteiger charge is 2.87. The van der Waals surface area contributed by atoms with E-state index in [4.69, 9.17) is 74.4 Å². The summed E-state index contributed by atoms with van der Waals surface area (Å²) in [4.78, 5) is 27.4. The third-order valence-electron chi connectivity index (χ3n) is 5.09. The van der Waals surface area contributed by atoms with Gasteiger partial charge in [-0.05, 0) is 6.42 Å². The minimum Gasteiger partial charge on any atom is -0.272 e. The molecule has 2 amide bonds. The molecule has 3 aliphatic rings. The third kappa shape index (κ3) is 2.31. The van der Waals surface area contributed by atoms with Crippen molar-refractivity contribution in [3.05, 3.63) is 10.1 Å². The van der Waals surface area contributed by atoms with Gasteiger partial charge in [0.2, 0.25) is 0 Å². The van der Waals surface area contributed by atoms with Gasteiger partial charge in [-0.15, -0.1) is 23.2 Å². The number of allylic oxidation sites excluding steroid dienone is 2. The van der Waals surface area contributed by atoms with Crippen molar-refractivity contribution in [1.29, 1.82) is 0 Å². The smallest absolute Gasteiger partial charge is 0.259 e. The largest absolute Gasteiger partial charge is 0.272 e. The van der Waals surface area contributed by atoms with Crippen LogP contribution in [-0.2, 0) is 14.4 Å². The lowest BCUT2D eigenvalue weighted by atomic mass is 9.84. The molecule has 1 saturated heterocycles. The van der Waals surface area contributed by atoms with E-state index in [9.17, 15) is 9.59 Å². The number of amides is 2. The van der Waals surface area contributed by atoms with Crippen LogP contribution in [0.2, 0.25) is 0 Å². The minimum absolute atomic E-state index is 0.108. The van der Waals surface area contributed by atoms with Crippen LogP contribution in [0.3, 0.4) is 0 Å². The average molecular weight is 470 g/mol. The van der Waals surface area contributed by atoms with E-state index >= 15 is 0 Å². The number of halogens is 6. The van der Waals surface area contributed by atoms with Crippen molar-refractivity contribution in [2.75, 3.05) is 6.61 Å². The summed E-state index contributed by atoms with van der Waals surface area (Å²) in [6.45, 7) is 2.31. The zero-order chi connectivity index (χ0) is 18.8. The van der Waals surface area contributed by atoms with Crippen LogP contribution in [0.15, 0.2) is 10.1 Å². The van der Waals surface area contributed by atoms with E-state index in [1.165, 1.54) is 0 Å². The van der Waals surface area contributed by atoms with Crippen molar-refractivity contribution in [3.8, 4) is 0 Å². The normalized spacial score (nSPS) is 38.9. The van der Waals surface area contributed by atoms with Crippen LogP contribution >= 0.6 is 69.6 Å². The summed E-state index contributed by atoms with van der Waals surface area (Å²) in [5.41, 5.74) is 0. The Morgan fingerprint density at radius 2 is 1.40 bits per heavy atom. The second-order valence-corrected chi connectivity index (χ2v) is 9.72. The lowest BCUT2D eigenvalue weighted by Crippen LogP contribution is -2.50. The van der Waals surface area contributed by atoms with Gasteiger partial charge >= 0.3 is 0 Å². The molecular weight excluding hydrogens is 455 g/mol. The number of rotatable bonds is 6. The number of hydroxylamine groups is 2. The molecule has 0 N–H and O–H groups in total. The molecule has 0 aromatic heterocycles. The number of imide groups is 1. The summed E-state index contributed by atoms with van der Waals surface area (Å²) in [6.07, 6.45) is 3.75. The molecule has 1 aliphatic heterocycles. The molecule has 4 nitrogen and oxygen atoms in total. The summed E-state index contributed by atoms with van der Waals surface area (Å²) in [6, 6.07) is 0. The van der Waals surface area contributed by atoms with Crippen molar-refractivity contribution >= 4 is 81.4 Å². The lowest BCUT2D eigenvalue weighted by molar-refractivity contribution is -0.190. The average Bonchev–Trinajstić information content (AvgIpc) is 2.93. The Hall–Kier alpha value is 0.580. The highest BCUT2D eigenvalue weighted by atomic mass is 35.5. The standard InChI is InChI=1S/C15H15Cl6NO3/c1-2-3-4-5-6-25-22-11(23)7-8(12(22)24)14(19)10(17)9(16)13(7,18)15(14,20)21/h7-8H,2-6H2,1H3/t7-,8-,13-,14-/m0/s1. The van der Waals surface area contributed by atoms with E-state index in [1.807, 2.05) is 0 Å². The number of fused-ring (bicyclic) bond motifs is 5. The van der Waals surface area contributed by atoms with Crippen LogP contribution in [0.25, 0.3) is 0 Å². The van der Waals surface area contributed by atoms with Crippen LogP contribution < -0.4 is 0 Å². The van der Waals surface area contributed by atoms with Crippen molar-refractivity contribution < 1.29 is 14.4 Å². The molecular formula is C15H15Cl6NO3. The van der Waals surface area contributed by atoms with Crippen molar-refractivity contribution in [1.82, 2.24) is 5.06 Å². The van der Waals surface area contributed by atoms with Crippen molar-refractivity contribution in [2.24, 2.45) is 11.8 Å². The van der Waals surface area contributed by atoms with E-state index in [0.29, 0.717) is 11.5 Å². The lowest BCUT2D eigenvalue weighted by Gasteiger charge is -2.34. The first-order chi connectivity index (χ1) is 11.6. The molecule has 2 bridgehead atoms. The predicted octanol–water partition coefficient (Wildman–Crippen LogP) is 4.95. The number of alkyl halides is 4. The number of unbranched alkanes of at least 4 members (excludes halogenated alkanes) is 3. The second kappa shape index (κ2) is 6.58. The summed E-state index contributed by atoms with van der Waals surface area (Å²) in [5.74, 6) is -3.59. The van der Waals surface area contributed by atoms with Gasteiger partial charge < -0.3 is 0 Å². The number of carbonyl (C=O) groups is 2. The van der Waals surface area contributed by atoms with E-state index in [2.05, 4.69) is 6.92 Å². The van der Waals surface area contributed by atoms with Crippen molar-refractivity contribution in [2.45, 2.75) is 46.7 Å². The highest BCUT2D eigenvalue weighted by molar-refractivity contribution is 6.66. The Labute approximate surface area is 175 Å². The molecule has 0 radical (unpaired) electrons. The van der Waals surface area contributed by atoms with Gasteiger partial charge in [0.05, 0.1) is 28.5 Å². The summed E-state index contributed by atoms with van der Waals surface area (Å²) in [5, 5.41) is 0.490. The van der Waals surface area contributed by atoms with E-state index in [1.54, 1.807) is 0 Å². The van der Waals surface area contributed by atoms with Crippen LogP contribution in [0.5, 0.6) is 0 Å². The Kier molecular flexibility index (Phi) is 5.35. The van der Waals surface area contributed by atoms with Crippen LogP contribution in [0, 0.1) is 11.8 Å². The van der Waals surface area contributed by atoms with Crippen LogP contribution in [-0.4, -0.2) is 37.6 Å².